The van der Waals surface area contributed by atoms with Crippen LogP contribution in [0.1, 0.15) is 5.56 Å². The van der Waals surface area contributed by atoms with E-state index in [1.54, 1.807) is 13.0 Å². The van der Waals surface area contributed by atoms with E-state index in [9.17, 15) is 14.9 Å². The molecule has 0 saturated carbocycles. The number of carbonyl (C=O) groups is 1. The molecule has 6 nitrogen and oxygen atoms in total. The molecule has 0 atom stereocenters. The number of aryl methyl sites for hydroxylation is 1. The topological polar surface area (TPSA) is 83.7 Å². The summed E-state index contributed by atoms with van der Waals surface area (Å²) in [5.74, 6) is 1.20. The molecule has 0 saturated heterocycles. The van der Waals surface area contributed by atoms with Crippen LogP contribution >= 0.6 is 0 Å². The summed E-state index contributed by atoms with van der Waals surface area (Å²) in [5.41, 5.74) is 0.791. The summed E-state index contributed by atoms with van der Waals surface area (Å²) in [6.45, 7) is 1.34. The van der Waals surface area contributed by atoms with Crippen molar-refractivity contribution in [1.82, 2.24) is 0 Å². The number of benzene rings is 1. The van der Waals surface area contributed by atoms with Crippen molar-refractivity contribution in [2.24, 2.45) is 0 Å². The smallest absolute Gasteiger partial charge is 0.323 e. The molecule has 0 amide bonds. The van der Waals surface area contributed by atoms with E-state index in [2.05, 4.69) is 5.92 Å². The van der Waals surface area contributed by atoms with Gasteiger partial charge in [0, 0.05) is 6.07 Å². The lowest BCUT2D eigenvalue weighted by atomic mass is 10.1. The first-order valence-electron chi connectivity index (χ1n) is 5.11. The molecule has 0 fully saturated rings. The second-order valence-corrected chi connectivity index (χ2v) is 3.70. The van der Waals surface area contributed by atoms with Gasteiger partial charge in [0.1, 0.15) is 12.2 Å². The molecule has 0 heterocycles. The Morgan fingerprint density at radius 1 is 1.61 bits per heavy atom. The van der Waals surface area contributed by atoms with Gasteiger partial charge in [0.25, 0.3) is 5.69 Å². The van der Waals surface area contributed by atoms with E-state index in [1.807, 2.05) is 0 Å². The number of rotatable bonds is 5. The van der Waals surface area contributed by atoms with E-state index in [0.29, 0.717) is 0 Å². The highest BCUT2D eigenvalue weighted by Gasteiger charge is 2.20. The molecule has 0 radical (unpaired) electrons. The summed E-state index contributed by atoms with van der Waals surface area (Å²) in [6, 6.07) is 4.57. The Morgan fingerprint density at radius 2 is 2.28 bits per heavy atom. The molecule has 0 unspecified atom stereocenters. The van der Waals surface area contributed by atoms with Gasteiger partial charge in [-0.05, 0) is 18.6 Å². The molecule has 18 heavy (non-hydrogen) atoms. The molecule has 0 aromatic heterocycles. The average Bonchev–Trinajstić information content (AvgIpc) is 2.27. The van der Waals surface area contributed by atoms with Crippen LogP contribution in [0.5, 0.6) is 0 Å². The molecule has 0 aliphatic rings. The van der Waals surface area contributed by atoms with Crippen LogP contribution in [0.25, 0.3) is 0 Å². The lowest BCUT2D eigenvalue weighted by Gasteiger charge is -2.20. The lowest BCUT2D eigenvalue weighted by Crippen LogP contribution is -2.30. The van der Waals surface area contributed by atoms with Gasteiger partial charge in [-0.2, -0.15) is 0 Å². The molecule has 1 aromatic carbocycles. The SMILES string of the molecule is C#CCN(CC(=O)O)c1ccc(C)cc1[N+](=O)[O-]. The lowest BCUT2D eigenvalue weighted by molar-refractivity contribution is -0.384. The van der Waals surface area contributed by atoms with Crippen LogP contribution in [0.2, 0.25) is 0 Å². The summed E-state index contributed by atoms with van der Waals surface area (Å²) >= 11 is 0. The van der Waals surface area contributed by atoms with Crippen molar-refractivity contribution in [3.8, 4) is 12.3 Å². The highest BCUT2D eigenvalue weighted by atomic mass is 16.6. The van der Waals surface area contributed by atoms with Crippen molar-refractivity contribution < 1.29 is 14.8 Å². The van der Waals surface area contributed by atoms with Crippen LogP contribution in [-0.2, 0) is 4.79 Å². The molecule has 0 spiro atoms. The van der Waals surface area contributed by atoms with Crippen molar-refractivity contribution in [1.29, 1.82) is 0 Å². The van der Waals surface area contributed by atoms with E-state index in [-0.39, 0.29) is 24.5 Å². The van der Waals surface area contributed by atoms with E-state index < -0.39 is 10.9 Å². The minimum atomic E-state index is -1.10. The van der Waals surface area contributed by atoms with Crippen LogP contribution in [0.3, 0.4) is 0 Å². The molecule has 1 aromatic rings. The largest absolute Gasteiger partial charge is 0.480 e. The Hall–Kier alpha value is -2.55. The number of nitro benzene ring substituents is 1. The zero-order valence-corrected chi connectivity index (χ0v) is 9.79. The predicted molar refractivity (Wildman–Crippen MR) is 66.5 cm³/mol. The highest BCUT2D eigenvalue weighted by Crippen LogP contribution is 2.28. The maximum absolute atomic E-state index is 10.9. The van der Waals surface area contributed by atoms with Crippen molar-refractivity contribution >= 4 is 17.3 Å². The van der Waals surface area contributed by atoms with Crippen LogP contribution in [0, 0.1) is 29.4 Å². The second kappa shape index (κ2) is 5.68. The molecule has 1 N–H and O–H groups in total. The molecular formula is C12H12N2O4. The van der Waals surface area contributed by atoms with Gasteiger partial charge in [0.2, 0.25) is 0 Å². The van der Waals surface area contributed by atoms with Crippen LogP contribution in [0.4, 0.5) is 11.4 Å². The molecule has 1 rings (SSSR count). The first-order chi connectivity index (χ1) is 8.45. The van der Waals surface area contributed by atoms with Crippen molar-refractivity contribution in [3.05, 3.63) is 33.9 Å². The summed E-state index contributed by atoms with van der Waals surface area (Å²) in [5, 5.41) is 19.7. The number of carboxylic acid groups (broad SMARTS) is 1. The molecule has 0 bridgehead atoms. The fourth-order valence-electron chi connectivity index (χ4n) is 1.55. The fraction of sp³-hybridized carbons (Fsp3) is 0.250. The monoisotopic (exact) mass is 248 g/mol. The van der Waals surface area contributed by atoms with Gasteiger partial charge in [0.15, 0.2) is 0 Å². The Bertz CT molecular complexity index is 519. The summed E-state index contributed by atoms with van der Waals surface area (Å²) in [7, 11) is 0. The van der Waals surface area contributed by atoms with Gasteiger partial charge in [-0.25, -0.2) is 0 Å². The number of nitrogens with zero attached hydrogens (tertiary/aromatic N) is 2. The maximum atomic E-state index is 10.9. The van der Waals surface area contributed by atoms with Crippen molar-refractivity contribution in [2.75, 3.05) is 18.0 Å². The maximum Gasteiger partial charge on any atom is 0.323 e. The first-order valence-corrected chi connectivity index (χ1v) is 5.11. The number of carboxylic acids is 1. The van der Waals surface area contributed by atoms with E-state index in [4.69, 9.17) is 11.5 Å². The van der Waals surface area contributed by atoms with E-state index in [1.165, 1.54) is 17.0 Å². The fourth-order valence-corrected chi connectivity index (χ4v) is 1.55. The van der Waals surface area contributed by atoms with E-state index in [0.717, 1.165) is 5.56 Å². The Morgan fingerprint density at radius 3 is 2.78 bits per heavy atom. The van der Waals surface area contributed by atoms with Gasteiger partial charge in [-0.1, -0.05) is 12.0 Å². The normalized spacial score (nSPS) is 9.56. The van der Waals surface area contributed by atoms with Crippen molar-refractivity contribution in [3.63, 3.8) is 0 Å². The first kappa shape index (κ1) is 13.5. The number of aliphatic carboxylic acids is 1. The third kappa shape index (κ3) is 3.22. The number of hydrogen-bond acceptors (Lipinski definition) is 4. The second-order valence-electron chi connectivity index (χ2n) is 3.70. The van der Waals surface area contributed by atoms with Crippen LogP contribution < -0.4 is 4.90 Å². The molecule has 94 valence electrons. The Kier molecular flexibility index (Phi) is 4.27. The molecule has 0 aliphatic carbocycles. The van der Waals surface area contributed by atoms with Gasteiger partial charge in [0.05, 0.1) is 11.5 Å². The minimum absolute atomic E-state index is 0.00377. The van der Waals surface area contributed by atoms with Crippen LogP contribution in [-0.4, -0.2) is 29.1 Å². The third-order valence-corrected chi connectivity index (χ3v) is 2.28. The number of hydrogen-bond donors (Lipinski definition) is 1. The van der Waals surface area contributed by atoms with Gasteiger partial charge >= 0.3 is 5.97 Å². The van der Waals surface area contributed by atoms with Crippen molar-refractivity contribution in [2.45, 2.75) is 6.92 Å². The number of anilines is 1. The zero-order chi connectivity index (χ0) is 13.7. The van der Waals surface area contributed by atoms with Gasteiger partial charge in [-0.15, -0.1) is 6.42 Å². The Labute approximate surface area is 104 Å². The molecule has 0 aliphatic heterocycles. The third-order valence-electron chi connectivity index (χ3n) is 2.28. The summed E-state index contributed by atoms with van der Waals surface area (Å²) in [6.07, 6.45) is 5.14. The Balaban J connectivity index is 3.22. The molecule has 6 heteroatoms. The van der Waals surface area contributed by atoms with Gasteiger partial charge in [-0.3, -0.25) is 14.9 Å². The minimum Gasteiger partial charge on any atom is -0.480 e. The quantitative estimate of drug-likeness (QED) is 0.484. The van der Waals surface area contributed by atoms with E-state index >= 15 is 0 Å². The zero-order valence-electron chi connectivity index (χ0n) is 9.79. The number of terminal acetylenes is 1. The highest BCUT2D eigenvalue weighted by molar-refractivity contribution is 5.76. The standard InChI is InChI=1S/C12H12N2O4/c1-3-6-13(8-12(15)16)10-5-4-9(2)7-11(10)14(17)18/h1,4-5,7H,6,8H2,2H3,(H,15,16). The molecular weight excluding hydrogens is 236 g/mol. The number of nitro groups is 1. The predicted octanol–water partition coefficient (Wildman–Crippen LogP) is 1.43. The summed E-state index contributed by atoms with van der Waals surface area (Å²) in [4.78, 5) is 22.4. The average molecular weight is 248 g/mol. The van der Waals surface area contributed by atoms with Gasteiger partial charge < -0.3 is 10.0 Å². The van der Waals surface area contributed by atoms with Crippen LogP contribution in [0.15, 0.2) is 18.2 Å². The summed E-state index contributed by atoms with van der Waals surface area (Å²) < 4.78 is 0.